The van der Waals surface area contributed by atoms with Gasteiger partial charge in [-0.25, -0.2) is 4.39 Å². The van der Waals surface area contributed by atoms with Crippen LogP contribution in [0, 0.1) is 24.1 Å². The second-order valence-corrected chi connectivity index (χ2v) is 9.25. The van der Waals surface area contributed by atoms with Gasteiger partial charge < -0.3 is 5.32 Å². The van der Waals surface area contributed by atoms with Crippen LogP contribution in [0.15, 0.2) is 83.4 Å². The summed E-state index contributed by atoms with van der Waals surface area (Å²) in [5.74, 6) is -1.25. The Morgan fingerprint density at radius 1 is 1.15 bits per heavy atom. The Labute approximate surface area is 205 Å². The highest BCUT2D eigenvalue weighted by Crippen LogP contribution is 2.42. The van der Waals surface area contributed by atoms with Crippen molar-refractivity contribution in [3.63, 3.8) is 0 Å². The number of nitrogens with one attached hydrogen (secondary N) is 1. The Kier molecular flexibility index (Phi) is 7.01. The molecule has 3 aromatic carbocycles. The fraction of sp³-hybridized carbons (Fsp3) is 0.115. The average Bonchev–Trinajstić information content (AvgIpc) is 3.14. The maximum Gasteiger partial charge on any atom is 0.269 e. The molecule has 1 aliphatic rings. The number of thioether (sulfide) groups is 1. The van der Waals surface area contributed by atoms with Gasteiger partial charge in [0.15, 0.2) is 0 Å². The Morgan fingerprint density at radius 3 is 2.50 bits per heavy atom. The van der Waals surface area contributed by atoms with Gasteiger partial charge in [0.2, 0.25) is 5.91 Å². The minimum atomic E-state index is -0.638. The molecule has 1 aliphatic heterocycles. The molecule has 0 radical (unpaired) electrons. The number of nitrogens with zero attached hydrogens (tertiary/aromatic N) is 2. The predicted octanol–water partition coefficient (Wildman–Crippen LogP) is 5.85. The van der Waals surface area contributed by atoms with Crippen LogP contribution in [0.5, 0.6) is 0 Å². The van der Waals surface area contributed by atoms with E-state index in [4.69, 9.17) is 11.6 Å². The lowest BCUT2D eigenvalue weighted by Crippen LogP contribution is -2.30. The SMILES string of the molecule is Cc1ccc(NC(=O)/C(C#N)=C2\SC(Cc3ccc(F)cc3)C(=O)N2c2ccccc2)cc1Cl. The summed E-state index contributed by atoms with van der Waals surface area (Å²) < 4.78 is 13.3. The molecule has 34 heavy (non-hydrogen) atoms. The van der Waals surface area contributed by atoms with Crippen LogP contribution >= 0.6 is 23.4 Å². The summed E-state index contributed by atoms with van der Waals surface area (Å²) in [5, 5.41) is 12.8. The van der Waals surface area contributed by atoms with E-state index in [1.807, 2.05) is 19.1 Å². The number of rotatable bonds is 5. The molecule has 8 heteroatoms. The molecule has 0 saturated carbocycles. The third-order valence-corrected chi connectivity index (χ3v) is 6.95. The summed E-state index contributed by atoms with van der Waals surface area (Å²) in [4.78, 5) is 27.9. The predicted molar refractivity (Wildman–Crippen MR) is 133 cm³/mol. The third kappa shape index (κ3) is 4.98. The number of amides is 2. The summed E-state index contributed by atoms with van der Waals surface area (Å²) in [6.07, 6.45) is 0.324. The topological polar surface area (TPSA) is 73.2 Å². The number of para-hydroxylation sites is 1. The number of hydrogen-bond acceptors (Lipinski definition) is 4. The zero-order chi connectivity index (χ0) is 24.2. The van der Waals surface area contributed by atoms with Crippen molar-refractivity contribution in [2.24, 2.45) is 0 Å². The van der Waals surface area contributed by atoms with Gasteiger partial charge in [0, 0.05) is 16.4 Å². The van der Waals surface area contributed by atoms with Crippen molar-refractivity contribution in [2.75, 3.05) is 10.2 Å². The summed E-state index contributed by atoms with van der Waals surface area (Å²) in [6.45, 7) is 1.84. The van der Waals surface area contributed by atoms with Crippen LogP contribution in [0.4, 0.5) is 15.8 Å². The number of aryl methyl sites for hydroxylation is 1. The van der Waals surface area contributed by atoms with Crippen molar-refractivity contribution < 1.29 is 14.0 Å². The zero-order valence-corrected chi connectivity index (χ0v) is 19.7. The van der Waals surface area contributed by atoms with Gasteiger partial charge >= 0.3 is 0 Å². The summed E-state index contributed by atoms with van der Waals surface area (Å²) in [5.41, 5.74) is 2.45. The number of hydrogen-bond donors (Lipinski definition) is 1. The number of carbonyl (C=O) groups excluding carboxylic acids is 2. The number of carbonyl (C=O) groups is 2. The molecule has 1 atom stereocenters. The first-order chi connectivity index (χ1) is 16.4. The first-order valence-corrected chi connectivity index (χ1v) is 11.6. The second kappa shape index (κ2) is 10.1. The van der Waals surface area contributed by atoms with Gasteiger partial charge in [0.25, 0.3) is 5.91 Å². The number of halogens is 2. The van der Waals surface area contributed by atoms with Crippen molar-refractivity contribution in [3.8, 4) is 6.07 Å². The van der Waals surface area contributed by atoms with Crippen LogP contribution in [0.2, 0.25) is 5.02 Å². The lowest BCUT2D eigenvalue weighted by Gasteiger charge is -2.18. The number of nitriles is 1. The largest absolute Gasteiger partial charge is 0.321 e. The minimum Gasteiger partial charge on any atom is -0.321 e. The van der Waals surface area contributed by atoms with Gasteiger partial charge in [-0.1, -0.05) is 59.8 Å². The van der Waals surface area contributed by atoms with Crippen LogP contribution in [-0.2, 0) is 16.0 Å². The van der Waals surface area contributed by atoms with Gasteiger partial charge in [-0.3, -0.25) is 14.5 Å². The van der Waals surface area contributed by atoms with Crippen molar-refractivity contribution in [1.82, 2.24) is 0 Å². The smallest absolute Gasteiger partial charge is 0.269 e. The highest BCUT2D eigenvalue weighted by Gasteiger charge is 2.40. The molecule has 170 valence electrons. The van der Waals surface area contributed by atoms with E-state index in [0.717, 1.165) is 22.9 Å². The normalized spacial score (nSPS) is 16.8. The van der Waals surface area contributed by atoms with Gasteiger partial charge in [-0.2, -0.15) is 5.26 Å². The molecule has 0 bridgehead atoms. The van der Waals surface area contributed by atoms with Crippen LogP contribution in [0.25, 0.3) is 0 Å². The molecule has 5 nitrogen and oxygen atoms in total. The molecule has 2 amide bonds. The van der Waals surface area contributed by atoms with Crippen LogP contribution in [0.3, 0.4) is 0 Å². The molecule has 4 rings (SSSR count). The molecule has 0 aromatic heterocycles. The van der Waals surface area contributed by atoms with Gasteiger partial charge in [0.1, 0.15) is 22.5 Å². The van der Waals surface area contributed by atoms with E-state index >= 15 is 0 Å². The van der Waals surface area contributed by atoms with Crippen molar-refractivity contribution in [1.29, 1.82) is 5.26 Å². The molecule has 1 N–H and O–H groups in total. The van der Waals surface area contributed by atoms with E-state index in [2.05, 4.69) is 5.32 Å². The molecule has 1 unspecified atom stereocenters. The van der Waals surface area contributed by atoms with Crippen LogP contribution in [0.1, 0.15) is 11.1 Å². The fourth-order valence-electron chi connectivity index (χ4n) is 3.50. The highest BCUT2D eigenvalue weighted by atomic mass is 35.5. The minimum absolute atomic E-state index is 0.180. The Hall–Kier alpha value is -3.60. The van der Waals surface area contributed by atoms with E-state index < -0.39 is 11.2 Å². The number of anilines is 2. The summed E-state index contributed by atoms with van der Waals surface area (Å²) in [6, 6.07) is 21.8. The average molecular weight is 492 g/mol. The van der Waals surface area contributed by atoms with Gasteiger partial charge in [0.05, 0.1) is 5.25 Å². The van der Waals surface area contributed by atoms with Crippen molar-refractivity contribution >= 4 is 46.6 Å². The quantitative estimate of drug-likeness (QED) is 0.359. The van der Waals surface area contributed by atoms with Gasteiger partial charge in [-0.05, 0) is 60.9 Å². The molecule has 0 spiro atoms. The number of benzene rings is 3. The van der Waals surface area contributed by atoms with E-state index in [9.17, 15) is 19.2 Å². The summed E-state index contributed by atoms with van der Waals surface area (Å²) >= 11 is 7.31. The molecule has 3 aromatic rings. The third-order valence-electron chi connectivity index (χ3n) is 5.28. The van der Waals surface area contributed by atoms with Crippen LogP contribution in [-0.4, -0.2) is 17.1 Å². The van der Waals surface area contributed by atoms with E-state index in [1.165, 1.54) is 17.0 Å². The highest BCUT2D eigenvalue weighted by molar-refractivity contribution is 8.05. The van der Waals surface area contributed by atoms with Gasteiger partial charge in [-0.15, -0.1) is 0 Å². The molecule has 0 aliphatic carbocycles. The van der Waals surface area contributed by atoms with Crippen molar-refractivity contribution in [3.05, 3.63) is 105 Å². The Bertz CT molecular complexity index is 1320. The maximum absolute atomic E-state index is 13.4. The first kappa shape index (κ1) is 23.6. The van der Waals surface area contributed by atoms with E-state index in [0.29, 0.717) is 22.8 Å². The fourth-order valence-corrected chi connectivity index (χ4v) is 4.99. The first-order valence-electron chi connectivity index (χ1n) is 10.4. The molecule has 1 fully saturated rings. The summed E-state index contributed by atoms with van der Waals surface area (Å²) in [7, 11) is 0. The van der Waals surface area contributed by atoms with Crippen molar-refractivity contribution in [2.45, 2.75) is 18.6 Å². The molecule has 1 heterocycles. The molecule has 1 saturated heterocycles. The Balaban J connectivity index is 1.70. The molecular formula is C26H19ClFN3O2S. The van der Waals surface area contributed by atoms with E-state index in [-0.39, 0.29) is 22.3 Å². The standard InChI is InChI=1S/C26H19ClFN3O2S/c1-16-7-12-19(14-22(16)27)30-24(32)21(15-29)26-31(20-5-3-2-4-6-20)25(33)23(34-26)13-17-8-10-18(28)11-9-17/h2-12,14,23H,13H2,1H3,(H,30,32)/b26-21-. The molecular weight excluding hydrogens is 473 g/mol. The zero-order valence-electron chi connectivity index (χ0n) is 18.1. The lowest BCUT2D eigenvalue weighted by atomic mass is 10.1. The Morgan fingerprint density at radius 2 is 1.85 bits per heavy atom. The lowest BCUT2D eigenvalue weighted by molar-refractivity contribution is -0.117. The monoisotopic (exact) mass is 491 g/mol. The van der Waals surface area contributed by atoms with E-state index in [1.54, 1.807) is 54.6 Å². The van der Waals surface area contributed by atoms with Crippen LogP contribution < -0.4 is 10.2 Å². The second-order valence-electron chi connectivity index (χ2n) is 7.66. The maximum atomic E-state index is 13.4.